The topological polar surface area (TPSA) is 68.5 Å². The Balaban J connectivity index is 1.34. The van der Waals surface area contributed by atoms with Crippen molar-refractivity contribution in [1.29, 1.82) is 0 Å². The summed E-state index contributed by atoms with van der Waals surface area (Å²) >= 11 is 0. The van der Waals surface area contributed by atoms with Gasteiger partial charge in [-0.15, -0.1) is 0 Å². The molecule has 0 amide bonds. The molecule has 5 rings (SSSR count). The lowest BCUT2D eigenvalue weighted by molar-refractivity contribution is 0.797. The number of nitrogens with one attached hydrogen (secondary N) is 1. The quantitative estimate of drug-likeness (QED) is 0.374. The van der Waals surface area contributed by atoms with Crippen molar-refractivity contribution in [3.05, 3.63) is 115 Å². The second-order valence-corrected chi connectivity index (χ2v) is 7.90. The largest absolute Gasteiger partial charge is 0.366 e. The number of anilines is 1. The molecule has 6 heteroatoms. The summed E-state index contributed by atoms with van der Waals surface area (Å²) in [6.45, 7) is 3.46. The average molecular weight is 433 g/mol. The highest BCUT2D eigenvalue weighted by atomic mass is 15.0. The number of nitrogens with zero attached hydrogens (tertiary/aromatic N) is 5. The van der Waals surface area contributed by atoms with Crippen molar-refractivity contribution < 1.29 is 0 Å². The van der Waals surface area contributed by atoms with Gasteiger partial charge in [-0.25, -0.2) is 15.0 Å². The summed E-state index contributed by atoms with van der Waals surface area (Å²) in [4.78, 5) is 17.6. The van der Waals surface area contributed by atoms with Crippen LogP contribution in [0.5, 0.6) is 0 Å². The maximum atomic E-state index is 4.70. The number of hydrogen-bond donors (Lipinski definition) is 1. The molecule has 33 heavy (non-hydrogen) atoms. The smallest absolute Gasteiger partial charge is 0.163 e. The number of aromatic nitrogens is 5. The second-order valence-electron chi connectivity index (χ2n) is 7.90. The van der Waals surface area contributed by atoms with Crippen LogP contribution >= 0.6 is 0 Å². The van der Waals surface area contributed by atoms with Crippen LogP contribution in [-0.2, 0) is 13.1 Å². The van der Waals surface area contributed by atoms with Crippen molar-refractivity contribution in [2.24, 2.45) is 0 Å². The first-order valence-corrected chi connectivity index (χ1v) is 10.9. The van der Waals surface area contributed by atoms with E-state index in [1.165, 1.54) is 22.3 Å². The summed E-state index contributed by atoms with van der Waals surface area (Å²) in [6.07, 6.45) is 9.15. The van der Waals surface area contributed by atoms with E-state index in [4.69, 9.17) is 4.98 Å². The monoisotopic (exact) mass is 432 g/mol. The van der Waals surface area contributed by atoms with Gasteiger partial charge in [0.1, 0.15) is 5.82 Å². The summed E-state index contributed by atoms with van der Waals surface area (Å²) in [5, 5.41) is 3.48. The Bertz CT molecular complexity index is 1330. The summed E-state index contributed by atoms with van der Waals surface area (Å²) in [6, 6.07) is 23.0. The van der Waals surface area contributed by atoms with Crippen LogP contribution in [0.2, 0.25) is 0 Å². The van der Waals surface area contributed by atoms with Crippen molar-refractivity contribution in [3.8, 4) is 22.5 Å². The molecule has 0 aliphatic carbocycles. The van der Waals surface area contributed by atoms with Gasteiger partial charge in [-0.2, -0.15) is 0 Å². The normalized spacial score (nSPS) is 10.8. The SMILES string of the molecule is Cc1cc(NCc2ccccc2-c2ccc(Cn3ccnc3)cc2)nc(-c2cccnc2)n1. The van der Waals surface area contributed by atoms with Gasteiger partial charge in [0.05, 0.1) is 6.33 Å². The number of benzene rings is 2. The summed E-state index contributed by atoms with van der Waals surface area (Å²) in [7, 11) is 0. The molecule has 0 atom stereocenters. The number of rotatable bonds is 7. The molecule has 0 unspecified atom stereocenters. The van der Waals surface area contributed by atoms with Crippen LogP contribution in [0.3, 0.4) is 0 Å². The van der Waals surface area contributed by atoms with Gasteiger partial charge >= 0.3 is 0 Å². The minimum absolute atomic E-state index is 0.663. The van der Waals surface area contributed by atoms with Crippen molar-refractivity contribution in [3.63, 3.8) is 0 Å². The molecule has 1 N–H and O–H groups in total. The number of aryl methyl sites for hydroxylation is 1. The first-order chi connectivity index (χ1) is 16.2. The molecule has 0 aliphatic rings. The lowest BCUT2D eigenvalue weighted by atomic mass is 9.98. The Hall–Kier alpha value is -4.32. The standard InChI is InChI=1S/C27H24N6/c1-20-15-26(32-27(31-20)24-6-4-12-28-16-24)30-17-23-5-2-3-7-25(23)22-10-8-21(9-11-22)18-33-14-13-29-19-33/h2-16,19H,17-18H2,1H3,(H,30,31,32). The molecule has 3 heterocycles. The van der Waals surface area contributed by atoms with Gasteiger partial charge in [0, 0.05) is 55.2 Å². The molecular weight excluding hydrogens is 408 g/mol. The summed E-state index contributed by atoms with van der Waals surface area (Å²) in [5.74, 6) is 1.47. The van der Waals surface area contributed by atoms with Gasteiger partial charge < -0.3 is 9.88 Å². The van der Waals surface area contributed by atoms with Gasteiger partial charge in [0.25, 0.3) is 0 Å². The highest BCUT2D eigenvalue weighted by molar-refractivity contribution is 5.68. The first-order valence-electron chi connectivity index (χ1n) is 10.9. The molecule has 3 aromatic heterocycles. The Morgan fingerprint density at radius 3 is 2.52 bits per heavy atom. The fourth-order valence-electron chi connectivity index (χ4n) is 3.81. The molecule has 0 saturated carbocycles. The van der Waals surface area contributed by atoms with Crippen molar-refractivity contribution >= 4 is 5.82 Å². The van der Waals surface area contributed by atoms with Crippen LogP contribution < -0.4 is 5.32 Å². The van der Waals surface area contributed by atoms with Gasteiger partial charge in [-0.3, -0.25) is 4.98 Å². The molecular formula is C27H24N6. The van der Waals surface area contributed by atoms with Gasteiger partial charge in [0.15, 0.2) is 5.82 Å². The van der Waals surface area contributed by atoms with Gasteiger partial charge in [-0.05, 0) is 41.3 Å². The average Bonchev–Trinajstić information content (AvgIpc) is 3.37. The zero-order valence-electron chi connectivity index (χ0n) is 18.4. The third kappa shape index (κ3) is 4.96. The van der Waals surface area contributed by atoms with Crippen LogP contribution in [0.15, 0.2) is 97.8 Å². The molecule has 0 radical (unpaired) electrons. The Kier molecular flexibility index (Phi) is 5.89. The third-order valence-corrected chi connectivity index (χ3v) is 5.44. The lowest BCUT2D eigenvalue weighted by Gasteiger charge is -2.13. The maximum absolute atomic E-state index is 4.70. The Morgan fingerprint density at radius 1 is 0.848 bits per heavy atom. The molecule has 162 valence electrons. The fourth-order valence-corrected chi connectivity index (χ4v) is 3.81. The number of hydrogen-bond acceptors (Lipinski definition) is 5. The van der Waals surface area contributed by atoms with Crippen molar-refractivity contribution in [2.45, 2.75) is 20.0 Å². The minimum Gasteiger partial charge on any atom is -0.366 e. The summed E-state index contributed by atoms with van der Waals surface area (Å²) < 4.78 is 2.07. The molecule has 0 spiro atoms. The van der Waals surface area contributed by atoms with E-state index in [1.807, 2.05) is 37.6 Å². The zero-order valence-corrected chi connectivity index (χ0v) is 18.4. The van der Waals surface area contributed by atoms with Crippen LogP contribution in [0.4, 0.5) is 5.82 Å². The van der Waals surface area contributed by atoms with E-state index in [0.717, 1.165) is 23.6 Å². The molecule has 5 aromatic rings. The summed E-state index contributed by atoms with van der Waals surface area (Å²) in [5.41, 5.74) is 6.66. The number of pyridine rings is 1. The Labute approximate surface area is 193 Å². The molecule has 2 aromatic carbocycles. The zero-order chi connectivity index (χ0) is 22.5. The second kappa shape index (κ2) is 9.44. The van der Waals surface area contributed by atoms with Gasteiger partial charge in [0.2, 0.25) is 0 Å². The minimum atomic E-state index is 0.663. The van der Waals surface area contributed by atoms with Crippen LogP contribution in [0, 0.1) is 6.92 Å². The predicted octanol–water partition coefficient (Wildman–Crippen LogP) is 5.37. The van der Waals surface area contributed by atoms with E-state index in [0.29, 0.717) is 12.4 Å². The first kappa shape index (κ1) is 20.6. The van der Waals surface area contributed by atoms with Crippen LogP contribution in [-0.4, -0.2) is 24.5 Å². The predicted molar refractivity (Wildman–Crippen MR) is 131 cm³/mol. The van der Waals surface area contributed by atoms with Crippen LogP contribution in [0.1, 0.15) is 16.8 Å². The molecule has 6 nitrogen and oxygen atoms in total. The van der Waals surface area contributed by atoms with E-state index in [9.17, 15) is 0 Å². The molecule has 0 fully saturated rings. The highest BCUT2D eigenvalue weighted by Crippen LogP contribution is 2.25. The molecule has 0 aliphatic heterocycles. The number of imidazole rings is 1. The van der Waals surface area contributed by atoms with E-state index < -0.39 is 0 Å². The van der Waals surface area contributed by atoms with Gasteiger partial charge in [-0.1, -0.05) is 48.5 Å². The van der Waals surface area contributed by atoms with Crippen LogP contribution in [0.25, 0.3) is 22.5 Å². The van der Waals surface area contributed by atoms with E-state index in [-0.39, 0.29) is 0 Å². The maximum Gasteiger partial charge on any atom is 0.163 e. The highest BCUT2D eigenvalue weighted by Gasteiger charge is 2.08. The van der Waals surface area contributed by atoms with E-state index in [2.05, 4.69) is 73.4 Å². The van der Waals surface area contributed by atoms with E-state index >= 15 is 0 Å². The van der Waals surface area contributed by atoms with E-state index in [1.54, 1.807) is 18.6 Å². The van der Waals surface area contributed by atoms with Crippen molar-refractivity contribution in [2.75, 3.05) is 5.32 Å². The van der Waals surface area contributed by atoms with Crippen molar-refractivity contribution in [1.82, 2.24) is 24.5 Å². The lowest BCUT2D eigenvalue weighted by Crippen LogP contribution is -2.05. The fraction of sp³-hybridized carbons (Fsp3) is 0.111. The third-order valence-electron chi connectivity index (χ3n) is 5.44. The Morgan fingerprint density at radius 2 is 1.73 bits per heavy atom. The molecule has 0 saturated heterocycles. The molecule has 0 bridgehead atoms.